The van der Waals surface area contributed by atoms with Gasteiger partial charge in [-0.05, 0) is 48.3 Å². The molecular weight excluding hydrogens is 668 g/mol. The number of likely N-dealkylation sites (tertiary alicyclic amines) is 1. The van der Waals surface area contributed by atoms with E-state index in [9.17, 15) is 28.8 Å². The Labute approximate surface area is 307 Å². The van der Waals surface area contributed by atoms with Crippen molar-refractivity contribution in [1.29, 1.82) is 0 Å². The van der Waals surface area contributed by atoms with Crippen molar-refractivity contribution in [2.24, 2.45) is 39.2 Å². The van der Waals surface area contributed by atoms with E-state index in [1.165, 1.54) is 0 Å². The summed E-state index contributed by atoms with van der Waals surface area (Å²) in [5.74, 6) is -2.80. The number of ether oxygens (including phenoxy) is 2. The second kappa shape index (κ2) is 14.5. The van der Waals surface area contributed by atoms with Crippen LogP contribution in [0.1, 0.15) is 98.8 Å². The van der Waals surface area contributed by atoms with E-state index >= 15 is 0 Å². The van der Waals surface area contributed by atoms with Crippen LogP contribution in [0.25, 0.3) is 0 Å². The molecule has 0 radical (unpaired) electrons. The number of ketones is 1. The van der Waals surface area contributed by atoms with Crippen molar-refractivity contribution in [3.63, 3.8) is 0 Å². The molecule has 3 heterocycles. The van der Waals surface area contributed by atoms with E-state index < -0.39 is 64.5 Å². The molecule has 3 aliphatic heterocycles. The Bertz CT molecular complexity index is 1420. The second-order valence-electron chi connectivity index (χ2n) is 18.0. The monoisotopic (exact) mass is 728 g/mol. The van der Waals surface area contributed by atoms with Gasteiger partial charge in [0.05, 0.1) is 32.5 Å². The molecule has 52 heavy (non-hydrogen) atoms. The number of morpholine rings is 1. The highest BCUT2D eigenvalue weighted by molar-refractivity contribution is 6.37. The lowest BCUT2D eigenvalue weighted by atomic mass is 9.80. The van der Waals surface area contributed by atoms with Crippen LogP contribution in [0.2, 0.25) is 0 Å². The van der Waals surface area contributed by atoms with E-state index in [1.807, 2.05) is 20.8 Å². The largest absolute Gasteiger partial charge is 0.380 e. The Morgan fingerprint density at radius 3 is 2.00 bits per heavy atom. The van der Waals surface area contributed by atoms with E-state index in [1.54, 1.807) is 9.80 Å². The summed E-state index contributed by atoms with van der Waals surface area (Å²) in [6, 6.07) is -4.40. The lowest BCUT2D eigenvalue weighted by Gasteiger charge is -2.38. The van der Waals surface area contributed by atoms with Crippen molar-refractivity contribution in [2.45, 2.75) is 123 Å². The zero-order valence-corrected chi connectivity index (χ0v) is 31.7. The molecule has 6 aliphatic rings. The first kappa shape index (κ1) is 38.5. The molecule has 290 valence electrons. The third kappa shape index (κ3) is 6.82. The minimum Gasteiger partial charge on any atom is -0.380 e. The van der Waals surface area contributed by atoms with Gasteiger partial charge in [-0.15, -0.1) is 0 Å². The Balaban J connectivity index is 1.24. The molecule has 3 aliphatic carbocycles. The van der Waals surface area contributed by atoms with Crippen molar-refractivity contribution in [3.05, 3.63) is 0 Å². The molecule has 3 saturated heterocycles. The van der Waals surface area contributed by atoms with E-state index in [0.717, 1.165) is 51.4 Å². The van der Waals surface area contributed by atoms with Crippen LogP contribution in [-0.2, 0) is 33.4 Å². The maximum Gasteiger partial charge on any atom is 0.316 e. The van der Waals surface area contributed by atoms with Crippen LogP contribution in [-0.4, -0.2) is 115 Å². The maximum absolute atomic E-state index is 14.9. The van der Waals surface area contributed by atoms with Gasteiger partial charge in [0.15, 0.2) is 0 Å². The zero-order valence-electron chi connectivity index (χ0n) is 31.7. The maximum atomic E-state index is 14.9. The molecule has 6 amide bonds. The number of hydrogen-bond donors (Lipinski definition) is 4. The standard InChI is InChI=1S/C38H60N6O8/c1-35(2,3)29(42-34(50)41-27(24-12-7-6-8-13-24)32(48)43-14-16-51-17-15-43)33(49)44-20-37(36(4,5)38(37)21-52-22-38)19-26(44)31(47)40-25(28(45)30(39)46)18-23-10-9-11-23/h23-27,29H,6-22H2,1-5H3,(H2,39,46)(H,40,47)(H2,41,42,50)/t25?,26-,27-,29+,37+/m0/s1. The fourth-order valence-electron chi connectivity index (χ4n) is 10.1. The summed E-state index contributed by atoms with van der Waals surface area (Å²) < 4.78 is 11.2. The smallest absolute Gasteiger partial charge is 0.316 e. The molecule has 0 aromatic carbocycles. The fourth-order valence-corrected chi connectivity index (χ4v) is 10.1. The summed E-state index contributed by atoms with van der Waals surface area (Å²) in [7, 11) is 0. The molecule has 3 saturated carbocycles. The Morgan fingerprint density at radius 2 is 1.48 bits per heavy atom. The van der Waals surface area contributed by atoms with Crippen molar-refractivity contribution in [3.8, 4) is 0 Å². The van der Waals surface area contributed by atoms with Crippen LogP contribution in [0.5, 0.6) is 0 Å². The predicted molar refractivity (Wildman–Crippen MR) is 190 cm³/mol. The van der Waals surface area contributed by atoms with Gasteiger partial charge in [-0.3, -0.25) is 24.0 Å². The van der Waals surface area contributed by atoms with E-state index in [0.29, 0.717) is 52.4 Å². The normalized spacial score (nSPS) is 28.6. The highest BCUT2D eigenvalue weighted by Gasteiger charge is 2.86. The number of fused-ring (bicyclic) bond motifs is 1. The average Bonchev–Trinajstić information content (AvgIpc) is 3.28. The first-order valence-corrected chi connectivity index (χ1v) is 19.5. The highest BCUT2D eigenvalue weighted by atomic mass is 16.5. The minimum absolute atomic E-state index is 0.0147. The van der Waals surface area contributed by atoms with Crippen molar-refractivity contribution < 1.29 is 38.2 Å². The summed E-state index contributed by atoms with van der Waals surface area (Å²) >= 11 is 0. The topological polar surface area (TPSA) is 189 Å². The Hall–Kier alpha value is -3.26. The number of nitrogens with zero attached hydrogens (tertiary/aromatic N) is 2. The second-order valence-corrected chi connectivity index (χ2v) is 18.0. The number of nitrogens with two attached hydrogens (primary N) is 1. The van der Waals surface area contributed by atoms with Gasteiger partial charge in [-0.2, -0.15) is 0 Å². The van der Waals surface area contributed by atoms with Gasteiger partial charge in [-0.25, -0.2) is 4.79 Å². The molecule has 5 atom stereocenters. The molecule has 14 nitrogen and oxygen atoms in total. The molecule has 0 aromatic rings. The van der Waals surface area contributed by atoms with E-state index in [4.69, 9.17) is 15.2 Å². The van der Waals surface area contributed by atoms with Crippen LogP contribution >= 0.6 is 0 Å². The summed E-state index contributed by atoms with van der Waals surface area (Å²) in [5, 5.41) is 8.77. The molecule has 5 N–H and O–H groups in total. The van der Waals surface area contributed by atoms with Crippen molar-refractivity contribution in [1.82, 2.24) is 25.8 Å². The average molecular weight is 729 g/mol. The molecule has 1 unspecified atom stereocenters. The highest BCUT2D eigenvalue weighted by Crippen LogP contribution is 2.84. The minimum atomic E-state index is -1.10. The van der Waals surface area contributed by atoms with Gasteiger partial charge in [0, 0.05) is 30.5 Å². The molecular formula is C38H60N6O8. The third-order valence-electron chi connectivity index (χ3n) is 13.9. The summed E-state index contributed by atoms with van der Waals surface area (Å²) in [4.78, 5) is 85.2. The van der Waals surface area contributed by atoms with Crippen LogP contribution in [0, 0.1) is 33.5 Å². The summed E-state index contributed by atoms with van der Waals surface area (Å²) in [6.07, 6.45) is 8.26. The number of rotatable bonds is 11. The quantitative estimate of drug-likeness (QED) is 0.232. The summed E-state index contributed by atoms with van der Waals surface area (Å²) in [6.45, 7) is 13.0. The van der Waals surface area contributed by atoms with Gasteiger partial charge in [0.2, 0.25) is 23.5 Å². The Kier molecular flexibility index (Phi) is 10.7. The van der Waals surface area contributed by atoms with Crippen molar-refractivity contribution >= 4 is 35.4 Å². The van der Waals surface area contributed by atoms with Gasteiger partial charge < -0.3 is 41.0 Å². The number of carbonyl (C=O) groups excluding carboxylic acids is 6. The molecule has 6 rings (SSSR count). The lowest BCUT2D eigenvalue weighted by molar-refractivity contribution is -0.143. The van der Waals surface area contributed by atoms with Crippen LogP contribution in [0.15, 0.2) is 0 Å². The number of carbonyl (C=O) groups is 6. The van der Waals surface area contributed by atoms with Crippen LogP contribution < -0.4 is 21.7 Å². The molecule has 0 bridgehead atoms. The lowest BCUT2D eigenvalue weighted by Crippen LogP contribution is -2.62. The first-order valence-electron chi connectivity index (χ1n) is 19.5. The zero-order chi connectivity index (χ0) is 37.6. The number of primary amides is 1. The Morgan fingerprint density at radius 1 is 0.827 bits per heavy atom. The molecule has 2 spiro atoms. The number of urea groups is 1. The summed E-state index contributed by atoms with van der Waals surface area (Å²) in [5.41, 5.74) is 3.80. The third-order valence-corrected chi connectivity index (χ3v) is 13.9. The molecule has 0 aromatic heterocycles. The molecule has 14 heteroatoms. The fraction of sp³-hybridized carbons (Fsp3) is 0.842. The number of Topliss-reactive ketones (excluding diaryl/α,β-unsaturated/α-hetero) is 1. The van der Waals surface area contributed by atoms with Crippen LogP contribution in [0.4, 0.5) is 4.79 Å². The number of amides is 6. The number of hydrogen-bond acceptors (Lipinski definition) is 8. The van der Waals surface area contributed by atoms with Gasteiger partial charge in [0.1, 0.15) is 18.1 Å². The first-order chi connectivity index (χ1) is 24.5. The van der Waals surface area contributed by atoms with E-state index in [2.05, 4.69) is 29.8 Å². The van der Waals surface area contributed by atoms with Gasteiger partial charge in [-0.1, -0.05) is 73.1 Å². The SMILES string of the molecule is CC(C)(C)[C@H](NC(=O)N[C@H](C(=O)N1CCOCC1)C1CCCCC1)C(=O)N1C[C@]2(C[C@H]1C(=O)NC(CC1CCC1)C(=O)C(N)=O)C(C)(C)C21COC1. The van der Waals surface area contributed by atoms with Crippen LogP contribution in [0.3, 0.4) is 0 Å². The molecule has 6 fully saturated rings. The van der Waals surface area contributed by atoms with Gasteiger partial charge in [0.25, 0.3) is 5.91 Å². The van der Waals surface area contributed by atoms with E-state index in [-0.39, 0.29) is 35.1 Å². The van der Waals surface area contributed by atoms with Gasteiger partial charge >= 0.3 is 6.03 Å². The number of nitrogens with one attached hydrogen (secondary N) is 3. The van der Waals surface area contributed by atoms with Crippen molar-refractivity contribution in [2.75, 3.05) is 46.1 Å². The predicted octanol–water partition coefficient (Wildman–Crippen LogP) is 1.88.